The van der Waals surface area contributed by atoms with Crippen LogP contribution in [0.1, 0.15) is 97.1 Å². The highest BCUT2D eigenvalue weighted by Crippen LogP contribution is 2.65. The van der Waals surface area contributed by atoms with E-state index in [9.17, 15) is 39.0 Å². The van der Waals surface area contributed by atoms with Crippen LogP contribution in [0.15, 0.2) is 72.0 Å². The minimum atomic E-state index is -2.51. The Morgan fingerprint density at radius 1 is 0.913 bits per heavy atom. The third kappa shape index (κ3) is 10.6. The van der Waals surface area contributed by atoms with Crippen LogP contribution in [0.5, 0.6) is 0 Å². The van der Waals surface area contributed by atoms with Crippen LogP contribution in [-0.4, -0.2) is 116 Å². The first-order valence-electron chi connectivity index (χ1n) is 22.0. The highest BCUT2D eigenvalue weighted by Gasteiger charge is 2.79. The number of aliphatic hydroxyl groups excluding tert-OH is 1. The van der Waals surface area contributed by atoms with E-state index in [1.54, 1.807) is 57.2 Å². The van der Waals surface area contributed by atoms with Gasteiger partial charge < -0.3 is 53.4 Å². The highest BCUT2D eigenvalue weighted by atomic mass is 35.6. The van der Waals surface area contributed by atoms with Gasteiger partial charge in [0.15, 0.2) is 17.5 Å². The lowest BCUT2D eigenvalue weighted by Crippen LogP contribution is -2.82. The fraction of sp³-hybridized carbons (Fsp3) is 0.562. The van der Waals surface area contributed by atoms with E-state index in [-0.39, 0.29) is 35.5 Å². The average molecular weight is 1030 g/mol. The molecule has 1 unspecified atom stereocenters. The molecule has 4 aliphatic rings. The van der Waals surface area contributed by atoms with Gasteiger partial charge in [-0.25, -0.2) is 19.2 Å². The molecule has 376 valence electrons. The van der Waals surface area contributed by atoms with E-state index in [2.05, 4.69) is 5.32 Å². The zero-order chi connectivity index (χ0) is 51.2. The monoisotopic (exact) mass is 1020 g/mol. The molecule has 0 aromatic heterocycles. The van der Waals surface area contributed by atoms with Crippen LogP contribution < -0.4 is 5.32 Å². The molecule has 1 amide bonds. The molecule has 3 N–H and O–H groups in total. The van der Waals surface area contributed by atoms with Crippen LogP contribution in [0.4, 0.5) is 9.59 Å². The van der Waals surface area contributed by atoms with Gasteiger partial charge in [-0.1, -0.05) is 97.2 Å². The minimum Gasteiger partial charge on any atom is -0.455 e. The van der Waals surface area contributed by atoms with Gasteiger partial charge in [0.05, 0.1) is 29.6 Å². The molecular formula is C48H56Cl3NO17. The second-order valence-electron chi connectivity index (χ2n) is 19.5. The Hall–Kier alpha value is -4.98. The number of rotatable bonds is 11. The predicted molar refractivity (Wildman–Crippen MR) is 243 cm³/mol. The molecule has 3 fully saturated rings. The Morgan fingerprint density at radius 3 is 2.06 bits per heavy atom. The van der Waals surface area contributed by atoms with Crippen molar-refractivity contribution in [2.24, 2.45) is 22.7 Å². The van der Waals surface area contributed by atoms with Crippen molar-refractivity contribution in [3.05, 3.63) is 83.1 Å². The molecule has 2 aromatic carbocycles. The van der Waals surface area contributed by atoms with E-state index in [1.807, 2.05) is 0 Å². The van der Waals surface area contributed by atoms with Gasteiger partial charge in [0, 0.05) is 38.0 Å². The van der Waals surface area contributed by atoms with Crippen LogP contribution in [0.25, 0.3) is 0 Å². The van der Waals surface area contributed by atoms with Gasteiger partial charge >= 0.3 is 36.1 Å². The Labute approximate surface area is 413 Å². The number of ether oxygens (including phenoxy) is 8. The number of Topliss-reactive ketones (excluding diaryl/α,β-unsaturated/α-hetero) is 1. The topological polar surface area (TPSA) is 246 Å². The van der Waals surface area contributed by atoms with E-state index in [0.29, 0.717) is 0 Å². The fourth-order valence-electron chi connectivity index (χ4n) is 10.3. The van der Waals surface area contributed by atoms with Crippen molar-refractivity contribution in [3.63, 3.8) is 0 Å². The number of esters is 4. The van der Waals surface area contributed by atoms with Crippen LogP contribution in [-0.2, 0) is 57.1 Å². The second kappa shape index (κ2) is 19.7. The molecule has 2 bridgehead atoms. The molecule has 2 aromatic rings. The number of carbonyl (C=O) groups excluding carboxylic acids is 7. The molecule has 21 heteroatoms. The van der Waals surface area contributed by atoms with Crippen molar-refractivity contribution in [1.82, 2.24) is 5.32 Å². The number of nitrogens with one attached hydrogen (secondary N) is 1. The molecule has 2 saturated carbocycles. The molecule has 1 aliphatic heterocycles. The molecule has 1 heterocycles. The third-order valence-electron chi connectivity index (χ3n) is 13.5. The normalized spacial score (nSPS) is 30.2. The zero-order valence-corrected chi connectivity index (χ0v) is 41.6. The van der Waals surface area contributed by atoms with Gasteiger partial charge in [0.1, 0.15) is 41.8 Å². The van der Waals surface area contributed by atoms with Gasteiger partial charge in [-0.2, -0.15) is 0 Å². The highest BCUT2D eigenvalue weighted by molar-refractivity contribution is 6.67. The summed E-state index contributed by atoms with van der Waals surface area (Å²) in [7, 11) is 0. The van der Waals surface area contributed by atoms with Crippen molar-refractivity contribution >= 4 is 76.7 Å². The summed E-state index contributed by atoms with van der Waals surface area (Å²) in [5.74, 6) is -8.51. The standard InChI is InChI=1S/C48H56Cl3NO17/c1-24-29(65-40(58)35(66-42(60)63-23-48(49,50)51)33(27-16-12-10-13-17-27)52-41(59)69-43(4,5)6)21-47(61)38(67-39(57)28-18-14-11-15-19-28)36-45(9,30(55)20-31-46(36,22-62-31)68-26(3)54)37(56)34(64-25(2)53)32(24)44(47,7)8/h10-19,30-36,38,55,61H,20-23H2,1-9H3,(H,52,59)/t30-,31+,32?,33-,34+,35+,36-,38-,45+,46-,47+/m0/s1. The number of alkyl halides is 3. The third-order valence-corrected chi connectivity index (χ3v) is 13.8. The van der Waals surface area contributed by atoms with E-state index in [4.69, 9.17) is 72.7 Å². The molecule has 0 radical (unpaired) electrons. The van der Waals surface area contributed by atoms with E-state index in [1.165, 1.54) is 52.0 Å². The number of benzene rings is 2. The van der Waals surface area contributed by atoms with Crippen LogP contribution in [0, 0.1) is 22.7 Å². The maximum atomic E-state index is 15.7. The molecule has 11 atom stereocenters. The second-order valence-corrected chi connectivity index (χ2v) is 22.0. The summed E-state index contributed by atoms with van der Waals surface area (Å²) in [6.45, 7) is 11.6. The molecule has 6 rings (SSSR count). The Balaban J connectivity index is 1.57. The lowest BCUT2D eigenvalue weighted by atomic mass is 9.43. The maximum absolute atomic E-state index is 15.7. The number of alkyl carbamates (subject to hydrolysis) is 1. The first-order chi connectivity index (χ1) is 32.0. The molecule has 3 aliphatic carbocycles. The Kier molecular flexibility index (Phi) is 15.2. The number of amides is 1. The zero-order valence-electron chi connectivity index (χ0n) is 39.4. The van der Waals surface area contributed by atoms with E-state index in [0.717, 1.165) is 13.8 Å². The van der Waals surface area contributed by atoms with E-state index < -0.39 is 135 Å². The number of fused-ring (bicyclic) bond motifs is 5. The van der Waals surface area contributed by atoms with Gasteiger partial charge in [-0.05, 0) is 57.9 Å². The number of halogens is 3. The number of hydrogen-bond donors (Lipinski definition) is 3. The first kappa shape index (κ1) is 53.4. The largest absolute Gasteiger partial charge is 0.509 e. The molecule has 69 heavy (non-hydrogen) atoms. The maximum Gasteiger partial charge on any atom is 0.509 e. The summed E-state index contributed by atoms with van der Waals surface area (Å²) >= 11 is 17.5. The smallest absolute Gasteiger partial charge is 0.455 e. The number of ketones is 1. The van der Waals surface area contributed by atoms with Gasteiger partial charge in [0.2, 0.25) is 9.90 Å². The lowest BCUT2D eigenvalue weighted by Gasteiger charge is -2.67. The molecule has 18 nitrogen and oxygen atoms in total. The van der Waals surface area contributed by atoms with Crippen molar-refractivity contribution < 1.29 is 81.7 Å². The summed E-state index contributed by atoms with van der Waals surface area (Å²) in [5, 5.41) is 28.6. The average Bonchev–Trinajstić information content (AvgIpc) is 3.24. The van der Waals surface area contributed by atoms with Crippen molar-refractivity contribution in [1.29, 1.82) is 0 Å². The SMILES string of the molecule is CC(=O)O[C@H]1C(=O)[C@@]2(C)[C@H]([C@H](OC(=O)c3ccccc3)[C@]3(O)CC(OC(=O)[C@H](OC(=O)OCC(Cl)(Cl)Cl)[C@@H](NC(=O)OC(C)(C)C)c4ccccc4)=C(C)C1C3(C)C)[C@]1(OC(C)=O)CO[C@@H]1C[C@@H]2O. The van der Waals surface area contributed by atoms with Crippen LogP contribution in [0.2, 0.25) is 0 Å². The summed E-state index contributed by atoms with van der Waals surface area (Å²) in [5.41, 5.74) is -8.96. The quantitative estimate of drug-likeness (QED) is 0.122. The minimum absolute atomic E-state index is 0.0166. The van der Waals surface area contributed by atoms with Crippen LogP contribution >= 0.6 is 34.8 Å². The molecular weight excluding hydrogens is 969 g/mol. The van der Waals surface area contributed by atoms with Gasteiger partial charge in [-0.15, -0.1) is 0 Å². The van der Waals surface area contributed by atoms with Crippen molar-refractivity contribution in [2.75, 3.05) is 13.2 Å². The molecule has 0 spiro atoms. The number of aliphatic hydroxyl groups is 2. The summed E-state index contributed by atoms with van der Waals surface area (Å²) in [6, 6.07) is 13.9. The first-order valence-corrected chi connectivity index (χ1v) is 23.2. The van der Waals surface area contributed by atoms with Gasteiger partial charge in [0.25, 0.3) is 0 Å². The van der Waals surface area contributed by atoms with Gasteiger partial charge in [-0.3, -0.25) is 14.4 Å². The number of carbonyl (C=O) groups is 7. The number of hydrogen-bond acceptors (Lipinski definition) is 17. The summed E-state index contributed by atoms with van der Waals surface area (Å²) in [6.07, 6.45) is -12.2. The summed E-state index contributed by atoms with van der Waals surface area (Å²) in [4.78, 5) is 98.1. The van der Waals surface area contributed by atoms with Crippen molar-refractivity contribution in [2.45, 2.75) is 132 Å². The Bertz CT molecular complexity index is 2370. The van der Waals surface area contributed by atoms with E-state index >= 15 is 4.79 Å². The lowest BCUT2D eigenvalue weighted by molar-refractivity contribution is -0.349. The predicted octanol–water partition coefficient (Wildman–Crippen LogP) is 6.57. The van der Waals surface area contributed by atoms with Crippen LogP contribution in [0.3, 0.4) is 0 Å². The molecule has 1 saturated heterocycles. The summed E-state index contributed by atoms with van der Waals surface area (Å²) < 4.78 is 44.4. The fourth-order valence-corrected chi connectivity index (χ4v) is 10.4. The van der Waals surface area contributed by atoms with Crippen molar-refractivity contribution in [3.8, 4) is 0 Å². The Morgan fingerprint density at radius 2 is 1.52 bits per heavy atom.